The predicted molar refractivity (Wildman–Crippen MR) is 126 cm³/mol. The molecule has 5 rings (SSSR count). The Morgan fingerprint density at radius 1 is 1.00 bits per heavy atom. The van der Waals surface area contributed by atoms with E-state index >= 15 is 0 Å². The van der Waals surface area contributed by atoms with Crippen molar-refractivity contribution in [2.75, 3.05) is 19.1 Å². The summed E-state index contributed by atoms with van der Waals surface area (Å²) in [7, 11) is 3.28. The highest BCUT2D eigenvalue weighted by Gasteiger charge is 2.57. The van der Waals surface area contributed by atoms with E-state index in [-0.39, 0.29) is 5.25 Å². The lowest BCUT2D eigenvalue weighted by atomic mass is 10.0. The highest BCUT2D eigenvalue weighted by Crippen LogP contribution is 2.54. The monoisotopic (exact) mass is 452 g/mol. The van der Waals surface area contributed by atoms with E-state index in [1.165, 1.54) is 0 Å². The van der Waals surface area contributed by atoms with Gasteiger partial charge in [0.1, 0.15) is 11.5 Å². The second kappa shape index (κ2) is 7.79. The van der Waals surface area contributed by atoms with Gasteiger partial charge in [-0.25, -0.2) is 4.99 Å². The molecule has 2 aliphatic rings. The van der Waals surface area contributed by atoms with Crippen molar-refractivity contribution in [2.24, 2.45) is 4.99 Å². The second-order valence-corrected chi connectivity index (χ2v) is 9.07. The molecule has 2 unspecified atom stereocenters. The van der Waals surface area contributed by atoms with Crippen LogP contribution in [0.5, 0.6) is 11.5 Å². The molecule has 0 saturated carbocycles. The van der Waals surface area contributed by atoms with Crippen molar-refractivity contribution in [3.63, 3.8) is 0 Å². The van der Waals surface area contributed by atoms with Gasteiger partial charge in [-0.1, -0.05) is 29.4 Å². The number of aliphatic hydroxyl groups is 1. The molecule has 158 valence electrons. The normalized spacial score (nSPS) is 23.0. The number of methoxy groups -OCH3 is 2. The van der Waals surface area contributed by atoms with Crippen LogP contribution in [0.1, 0.15) is 11.1 Å². The Hall–Kier alpha value is -2.67. The van der Waals surface area contributed by atoms with Crippen LogP contribution in [-0.2, 0) is 12.1 Å². The van der Waals surface area contributed by atoms with Crippen LogP contribution in [0.25, 0.3) is 0 Å². The van der Waals surface area contributed by atoms with Gasteiger partial charge in [0.15, 0.2) is 10.9 Å². The maximum atomic E-state index is 12.1. The number of amidine groups is 1. The van der Waals surface area contributed by atoms with Gasteiger partial charge in [-0.2, -0.15) is 0 Å². The Kier molecular flexibility index (Phi) is 5.08. The molecule has 3 aromatic carbocycles. The third kappa shape index (κ3) is 3.35. The number of thioether (sulfide) groups is 1. The number of benzene rings is 3. The molecule has 5 nitrogen and oxygen atoms in total. The average molecular weight is 453 g/mol. The maximum Gasteiger partial charge on any atom is 0.183 e. The summed E-state index contributed by atoms with van der Waals surface area (Å²) in [5, 5.41) is 13.4. The maximum absolute atomic E-state index is 12.1. The van der Waals surface area contributed by atoms with Crippen molar-refractivity contribution < 1.29 is 14.6 Å². The molecule has 1 fully saturated rings. The van der Waals surface area contributed by atoms with Crippen LogP contribution in [-0.4, -0.2) is 29.7 Å². The van der Waals surface area contributed by atoms with Gasteiger partial charge in [0.25, 0.3) is 0 Å². The van der Waals surface area contributed by atoms with Crippen LogP contribution >= 0.6 is 23.4 Å². The lowest BCUT2D eigenvalue weighted by Crippen LogP contribution is -2.46. The van der Waals surface area contributed by atoms with E-state index in [9.17, 15) is 5.11 Å². The molecular weight excluding hydrogens is 432 g/mol. The third-order valence-electron chi connectivity index (χ3n) is 5.73. The first-order chi connectivity index (χ1) is 15.0. The highest BCUT2D eigenvalue weighted by molar-refractivity contribution is 8.15. The van der Waals surface area contributed by atoms with E-state index in [1.54, 1.807) is 26.0 Å². The van der Waals surface area contributed by atoms with Crippen LogP contribution in [0.4, 0.5) is 11.4 Å². The average Bonchev–Trinajstić information content (AvgIpc) is 3.21. The standard InChI is InChI=1S/C24H21ClN2O3S/c1-29-19-8-4-17(5-9-19)26-23-27(18-6-10-20(30-2)11-7-18)24(28)21-12-3-16(25)13-15(21)14-22(24)31-23/h3-13,22,28H,14H2,1-2H3. The van der Waals surface area contributed by atoms with Crippen molar-refractivity contribution in [1.82, 2.24) is 0 Å². The molecule has 2 atom stereocenters. The van der Waals surface area contributed by atoms with Crippen LogP contribution in [0.2, 0.25) is 5.02 Å². The van der Waals surface area contributed by atoms with Gasteiger partial charge in [0.05, 0.1) is 25.2 Å². The summed E-state index contributed by atoms with van der Waals surface area (Å²) >= 11 is 7.80. The van der Waals surface area contributed by atoms with Gasteiger partial charge < -0.3 is 14.6 Å². The van der Waals surface area contributed by atoms with Gasteiger partial charge >= 0.3 is 0 Å². The fourth-order valence-electron chi connectivity index (χ4n) is 4.20. The first-order valence-electron chi connectivity index (χ1n) is 9.88. The summed E-state index contributed by atoms with van der Waals surface area (Å²) in [5.41, 5.74) is 2.35. The topological polar surface area (TPSA) is 54.3 Å². The molecule has 1 heterocycles. The number of aliphatic imine (C=N–C) groups is 1. The number of nitrogens with zero attached hydrogens (tertiary/aromatic N) is 2. The molecule has 0 aromatic heterocycles. The highest BCUT2D eigenvalue weighted by atomic mass is 35.5. The van der Waals surface area contributed by atoms with Crippen LogP contribution in [0.15, 0.2) is 71.7 Å². The molecule has 1 aliphatic carbocycles. The molecular formula is C24H21ClN2O3S. The number of anilines is 1. The van der Waals surface area contributed by atoms with Crippen LogP contribution in [0, 0.1) is 0 Å². The van der Waals surface area contributed by atoms with Crippen molar-refractivity contribution in [1.29, 1.82) is 0 Å². The Balaban J connectivity index is 1.63. The van der Waals surface area contributed by atoms with E-state index < -0.39 is 5.72 Å². The van der Waals surface area contributed by atoms with Crippen LogP contribution in [0.3, 0.4) is 0 Å². The first kappa shape index (κ1) is 20.2. The van der Waals surface area contributed by atoms with E-state index in [4.69, 9.17) is 26.1 Å². The Morgan fingerprint density at radius 3 is 2.29 bits per heavy atom. The first-order valence-corrected chi connectivity index (χ1v) is 11.1. The van der Waals surface area contributed by atoms with E-state index in [2.05, 4.69) is 0 Å². The summed E-state index contributed by atoms with van der Waals surface area (Å²) in [6.45, 7) is 0. The summed E-state index contributed by atoms with van der Waals surface area (Å²) in [5.74, 6) is 1.53. The van der Waals surface area contributed by atoms with E-state index in [0.29, 0.717) is 11.4 Å². The second-order valence-electron chi connectivity index (χ2n) is 7.46. The zero-order valence-electron chi connectivity index (χ0n) is 17.1. The van der Waals surface area contributed by atoms with Crippen molar-refractivity contribution in [3.8, 4) is 11.5 Å². The fraction of sp³-hybridized carbons (Fsp3) is 0.208. The Labute approximate surface area is 190 Å². The van der Waals surface area contributed by atoms with Crippen molar-refractivity contribution in [2.45, 2.75) is 17.4 Å². The number of hydrogen-bond acceptors (Lipinski definition) is 5. The fourth-order valence-corrected chi connectivity index (χ4v) is 5.82. The summed E-state index contributed by atoms with van der Waals surface area (Å²) in [4.78, 5) is 6.81. The number of fused-ring (bicyclic) bond motifs is 3. The number of hydrogen-bond donors (Lipinski definition) is 1. The van der Waals surface area contributed by atoms with E-state index in [0.717, 1.165) is 39.2 Å². The van der Waals surface area contributed by atoms with Gasteiger partial charge in [0, 0.05) is 16.3 Å². The Morgan fingerprint density at radius 2 is 1.65 bits per heavy atom. The van der Waals surface area contributed by atoms with Crippen molar-refractivity contribution in [3.05, 3.63) is 82.9 Å². The molecule has 0 amide bonds. The van der Waals surface area contributed by atoms with Crippen LogP contribution < -0.4 is 14.4 Å². The summed E-state index contributed by atoms with van der Waals surface area (Å²) in [6.07, 6.45) is 0.714. The molecule has 7 heteroatoms. The molecule has 1 N–H and O–H groups in total. The number of halogens is 1. The molecule has 1 saturated heterocycles. The molecule has 0 radical (unpaired) electrons. The van der Waals surface area contributed by atoms with Gasteiger partial charge in [-0.3, -0.25) is 4.90 Å². The molecule has 31 heavy (non-hydrogen) atoms. The summed E-state index contributed by atoms with van der Waals surface area (Å²) in [6, 6.07) is 20.9. The Bertz CT molecular complexity index is 1150. The lowest BCUT2D eigenvalue weighted by molar-refractivity contribution is 0.0593. The van der Waals surface area contributed by atoms with Gasteiger partial charge in [0.2, 0.25) is 0 Å². The summed E-state index contributed by atoms with van der Waals surface area (Å²) < 4.78 is 10.6. The minimum atomic E-state index is -1.22. The number of ether oxygens (including phenoxy) is 2. The zero-order chi connectivity index (χ0) is 21.6. The predicted octanol–water partition coefficient (Wildman–Crippen LogP) is 5.37. The van der Waals surface area contributed by atoms with Gasteiger partial charge in [-0.05, 0) is 72.6 Å². The van der Waals surface area contributed by atoms with Crippen molar-refractivity contribution >= 4 is 39.9 Å². The van der Waals surface area contributed by atoms with E-state index in [1.807, 2.05) is 71.6 Å². The largest absolute Gasteiger partial charge is 0.497 e. The molecule has 0 spiro atoms. The molecule has 1 aliphatic heterocycles. The number of rotatable bonds is 4. The SMILES string of the molecule is COc1ccc(N=C2SC3Cc4cc(Cl)ccc4C3(O)N2c2ccc(OC)cc2)cc1. The lowest BCUT2D eigenvalue weighted by Gasteiger charge is -2.35. The minimum Gasteiger partial charge on any atom is -0.497 e. The zero-order valence-corrected chi connectivity index (χ0v) is 18.7. The molecule has 3 aromatic rings. The molecule has 0 bridgehead atoms. The third-order valence-corrected chi connectivity index (χ3v) is 7.23. The van der Waals surface area contributed by atoms with Gasteiger partial charge in [-0.15, -0.1) is 0 Å². The quantitative estimate of drug-likeness (QED) is 0.576. The minimum absolute atomic E-state index is 0.0972. The smallest absolute Gasteiger partial charge is 0.183 e.